The summed E-state index contributed by atoms with van der Waals surface area (Å²) in [7, 11) is 2.29. The van der Waals surface area contributed by atoms with Gasteiger partial charge in [-0.15, -0.1) is 0 Å². The maximum atomic E-state index is 3.30. The van der Waals surface area contributed by atoms with Crippen molar-refractivity contribution >= 4 is 10.9 Å². The molecule has 0 bridgehead atoms. The third-order valence-electron chi connectivity index (χ3n) is 6.00. The van der Waals surface area contributed by atoms with E-state index in [1.807, 2.05) is 6.20 Å². The number of hydrogen-bond acceptors (Lipinski definition) is 2. The van der Waals surface area contributed by atoms with Crippen LogP contribution in [0.25, 0.3) is 10.9 Å². The van der Waals surface area contributed by atoms with E-state index in [0.29, 0.717) is 12.1 Å². The highest BCUT2D eigenvalue weighted by molar-refractivity contribution is 5.80. The van der Waals surface area contributed by atoms with Gasteiger partial charge in [-0.2, -0.15) is 0 Å². The Labute approximate surface area is 149 Å². The lowest BCUT2D eigenvalue weighted by Crippen LogP contribution is -2.44. The van der Waals surface area contributed by atoms with E-state index in [1.54, 1.807) is 0 Å². The third kappa shape index (κ3) is 2.50. The molecule has 3 heterocycles. The van der Waals surface area contributed by atoms with Gasteiger partial charge in [0.25, 0.3) is 0 Å². The lowest BCUT2D eigenvalue weighted by atomic mass is 9.83. The molecule has 2 aromatic carbocycles. The number of fused-ring (bicyclic) bond motifs is 2. The van der Waals surface area contributed by atoms with E-state index in [2.05, 4.69) is 70.4 Å². The fourth-order valence-corrected chi connectivity index (χ4v) is 4.82. The molecule has 0 aliphatic carbocycles. The quantitative estimate of drug-likeness (QED) is 0.755. The lowest BCUT2D eigenvalue weighted by molar-refractivity contribution is 0.0669. The molecule has 2 aliphatic heterocycles. The van der Waals surface area contributed by atoms with Crippen LogP contribution in [-0.4, -0.2) is 41.5 Å². The maximum absolute atomic E-state index is 3.30. The van der Waals surface area contributed by atoms with Crippen molar-refractivity contribution < 1.29 is 0 Å². The molecule has 1 N–H and O–H groups in total. The molecule has 1 saturated heterocycles. The van der Waals surface area contributed by atoms with Gasteiger partial charge in [0, 0.05) is 24.2 Å². The van der Waals surface area contributed by atoms with Gasteiger partial charge in [0.15, 0.2) is 0 Å². The number of likely N-dealkylation sites (N-methyl/N-ethyl adjacent to an activating group) is 1. The Morgan fingerprint density at radius 1 is 0.960 bits per heavy atom. The first kappa shape index (κ1) is 15.2. The van der Waals surface area contributed by atoms with E-state index >= 15 is 0 Å². The first-order chi connectivity index (χ1) is 12.3. The minimum atomic E-state index is 0.436. The van der Waals surface area contributed by atoms with E-state index < -0.39 is 0 Å². The molecule has 3 heteroatoms. The Balaban J connectivity index is 1.59. The van der Waals surface area contributed by atoms with Crippen LogP contribution in [0.3, 0.4) is 0 Å². The topological polar surface area (TPSA) is 22.3 Å². The number of nitrogens with one attached hydrogen (secondary N) is 1. The minimum absolute atomic E-state index is 0.436. The second-order valence-corrected chi connectivity index (χ2v) is 7.56. The standard InChI is InChI=1S/C22H25N3/c1-24-15-20(16-8-9-21-17(14-16)10-11-23-21)18-6-2-3-7-19(18)22(24)25-12-4-5-13-25/h2-3,6-11,14,20,22-23H,4-5,12-13,15H2,1H3. The first-order valence-corrected chi connectivity index (χ1v) is 9.41. The van der Waals surface area contributed by atoms with Crippen LogP contribution in [0.15, 0.2) is 54.7 Å². The molecule has 5 rings (SSSR count). The van der Waals surface area contributed by atoms with Gasteiger partial charge in [0.1, 0.15) is 0 Å². The Bertz CT molecular complexity index is 891. The van der Waals surface area contributed by atoms with Crippen molar-refractivity contribution in [2.24, 2.45) is 0 Å². The van der Waals surface area contributed by atoms with Gasteiger partial charge in [0.2, 0.25) is 0 Å². The summed E-state index contributed by atoms with van der Waals surface area (Å²) < 4.78 is 0. The van der Waals surface area contributed by atoms with Crippen LogP contribution in [-0.2, 0) is 0 Å². The van der Waals surface area contributed by atoms with E-state index in [9.17, 15) is 0 Å². The Morgan fingerprint density at radius 2 is 1.76 bits per heavy atom. The number of rotatable bonds is 2. The van der Waals surface area contributed by atoms with Crippen LogP contribution < -0.4 is 0 Å². The van der Waals surface area contributed by atoms with E-state index in [-0.39, 0.29) is 0 Å². The zero-order chi connectivity index (χ0) is 16.8. The summed E-state index contributed by atoms with van der Waals surface area (Å²) in [5, 5.41) is 1.30. The fourth-order valence-electron chi connectivity index (χ4n) is 4.82. The lowest BCUT2D eigenvalue weighted by Gasteiger charge is -2.43. The highest BCUT2D eigenvalue weighted by Gasteiger charge is 2.35. The summed E-state index contributed by atoms with van der Waals surface area (Å²) in [4.78, 5) is 8.52. The molecule has 128 valence electrons. The van der Waals surface area contributed by atoms with E-state index in [0.717, 1.165) is 6.54 Å². The monoisotopic (exact) mass is 331 g/mol. The molecule has 3 aromatic rings. The highest BCUT2D eigenvalue weighted by Crippen LogP contribution is 2.41. The number of aromatic nitrogens is 1. The van der Waals surface area contributed by atoms with Gasteiger partial charge < -0.3 is 4.98 Å². The normalized spacial score (nSPS) is 24.7. The van der Waals surface area contributed by atoms with Crippen molar-refractivity contribution in [1.82, 2.24) is 14.8 Å². The van der Waals surface area contributed by atoms with Crippen LogP contribution in [0.2, 0.25) is 0 Å². The molecular weight excluding hydrogens is 306 g/mol. The van der Waals surface area contributed by atoms with Crippen LogP contribution in [0.5, 0.6) is 0 Å². The van der Waals surface area contributed by atoms with Gasteiger partial charge >= 0.3 is 0 Å². The van der Waals surface area contributed by atoms with Crippen molar-refractivity contribution in [3.63, 3.8) is 0 Å². The van der Waals surface area contributed by atoms with E-state index in [1.165, 1.54) is 53.5 Å². The van der Waals surface area contributed by atoms with Crippen LogP contribution >= 0.6 is 0 Å². The number of likely N-dealkylation sites (tertiary alicyclic amines) is 1. The second-order valence-electron chi connectivity index (χ2n) is 7.56. The summed E-state index contributed by atoms with van der Waals surface area (Å²) in [5.41, 5.74) is 5.65. The van der Waals surface area contributed by atoms with Gasteiger partial charge in [0.05, 0.1) is 6.17 Å². The molecule has 0 radical (unpaired) electrons. The molecule has 25 heavy (non-hydrogen) atoms. The second kappa shape index (κ2) is 6.01. The molecule has 2 aliphatic rings. The van der Waals surface area contributed by atoms with Gasteiger partial charge in [-0.3, -0.25) is 9.80 Å². The highest BCUT2D eigenvalue weighted by atomic mass is 15.4. The van der Waals surface area contributed by atoms with Crippen molar-refractivity contribution in [3.8, 4) is 0 Å². The SMILES string of the molecule is CN1CC(c2ccc3[nH]ccc3c2)c2ccccc2C1N1CCCC1. The average molecular weight is 331 g/mol. The zero-order valence-corrected chi connectivity index (χ0v) is 14.8. The smallest absolute Gasteiger partial charge is 0.0886 e. The van der Waals surface area contributed by atoms with Crippen molar-refractivity contribution in [3.05, 3.63) is 71.4 Å². The summed E-state index contributed by atoms with van der Waals surface area (Å²) in [6, 6.07) is 18.1. The maximum Gasteiger partial charge on any atom is 0.0886 e. The molecule has 2 unspecified atom stereocenters. The number of aromatic amines is 1. The Morgan fingerprint density at radius 3 is 2.60 bits per heavy atom. The molecule has 0 saturated carbocycles. The van der Waals surface area contributed by atoms with E-state index in [4.69, 9.17) is 0 Å². The molecule has 3 nitrogen and oxygen atoms in total. The molecule has 1 fully saturated rings. The Kier molecular flexibility index (Phi) is 3.65. The number of H-pyrrole nitrogens is 1. The first-order valence-electron chi connectivity index (χ1n) is 9.41. The van der Waals surface area contributed by atoms with Crippen molar-refractivity contribution in [1.29, 1.82) is 0 Å². The Hall–Kier alpha value is -2.10. The van der Waals surface area contributed by atoms with Crippen LogP contribution in [0, 0.1) is 0 Å². The third-order valence-corrected chi connectivity index (χ3v) is 6.00. The summed E-state index contributed by atoms with van der Waals surface area (Å²) >= 11 is 0. The minimum Gasteiger partial charge on any atom is -0.361 e. The number of hydrogen-bond donors (Lipinski definition) is 1. The number of nitrogens with zero attached hydrogens (tertiary/aromatic N) is 2. The largest absolute Gasteiger partial charge is 0.361 e. The predicted octanol–water partition coefficient (Wildman–Crippen LogP) is 4.34. The van der Waals surface area contributed by atoms with Gasteiger partial charge in [-0.1, -0.05) is 30.3 Å². The zero-order valence-electron chi connectivity index (χ0n) is 14.8. The van der Waals surface area contributed by atoms with Crippen LogP contribution in [0.4, 0.5) is 0 Å². The summed E-state index contributed by atoms with van der Waals surface area (Å²) in [6.45, 7) is 3.53. The molecular formula is C22H25N3. The van der Waals surface area contributed by atoms with Crippen molar-refractivity contribution in [2.75, 3.05) is 26.7 Å². The average Bonchev–Trinajstić information content (AvgIpc) is 3.32. The summed E-state index contributed by atoms with van der Waals surface area (Å²) in [5.74, 6) is 0.444. The van der Waals surface area contributed by atoms with Crippen LogP contribution in [0.1, 0.15) is 41.6 Å². The molecule has 1 aromatic heterocycles. The van der Waals surface area contributed by atoms with Gasteiger partial charge in [-0.05, 0) is 73.3 Å². The number of benzene rings is 2. The molecule has 2 atom stereocenters. The molecule has 0 amide bonds. The van der Waals surface area contributed by atoms with Gasteiger partial charge in [-0.25, -0.2) is 0 Å². The fraction of sp³-hybridized carbons (Fsp3) is 0.364. The van der Waals surface area contributed by atoms with Crippen molar-refractivity contribution in [2.45, 2.75) is 24.9 Å². The predicted molar refractivity (Wildman–Crippen MR) is 103 cm³/mol. The molecule has 0 spiro atoms. The summed E-state index contributed by atoms with van der Waals surface area (Å²) in [6.07, 6.45) is 5.13.